The summed E-state index contributed by atoms with van der Waals surface area (Å²) in [6.07, 6.45) is 9.00. The lowest BCUT2D eigenvalue weighted by atomic mass is 10.0. The van der Waals surface area contributed by atoms with Crippen molar-refractivity contribution in [2.45, 2.75) is 38.5 Å². The minimum absolute atomic E-state index is 0.186. The van der Waals surface area contributed by atoms with Crippen LogP contribution in [0.25, 0.3) is 5.76 Å². The maximum Gasteiger partial charge on any atom is 0.286 e. The molecular weight excluding hydrogens is 382 g/mol. The van der Waals surface area contributed by atoms with Crippen LogP contribution in [-0.2, 0) is 19.1 Å². The Kier molecular flexibility index (Phi) is 12.3. The molecule has 0 unspecified atom stereocenters. The molecular formula is C23H31N3O4. The third-order valence-electron chi connectivity index (χ3n) is 4.37. The van der Waals surface area contributed by atoms with Gasteiger partial charge in [0.15, 0.2) is 5.76 Å². The highest BCUT2D eigenvalue weighted by atomic mass is 16.5. The molecule has 0 spiro atoms. The van der Waals surface area contributed by atoms with Gasteiger partial charge in [-0.1, -0.05) is 51.7 Å². The summed E-state index contributed by atoms with van der Waals surface area (Å²) >= 11 is 0. The van der Waals surface area contributed by atoms with Crippen molar-refractivity contribution in [3.63, 3.8) is 0 Å². The Hall–Kier alpha value is -3.11. The standard InChI is InChI=1S/C17H19N3O4.C6H12/c1-12(15-6-4-14(10-18)5-7-15)24-13(2)17(22)20-11-16(21)19-8-9-23-3;1-2-4-6-5-3-1/h4-7H,1-2,8-9,11H2,3H3,(H,19,21)(H,20,22);1-6H2. The first-order valence-electron chi connectivity index (χ1n) is 10.1. The van der Waals surface area contributed by atoms with Gasteiger partial charge in [0, 0.05) is 19.2 Å². The van der Waals surface area contributed by atoms with Gasteiger partial charge in [0.2, 0.25) is 5.91 Å². The molecule has 7 nitrogen and oxygen atoms in total. The van der Waals surface area contributed by atoms with E-state index in [-0.39, 0.29) is 24.0 Å². The fraction of sp³-hybridized carbons (Fsp3) is 0.435. The van der Waals surface area contributed by atoms with Crippen molar-refractivity contribution in [1.29, 1.82) is 5.26 Å². The Morgan fingerprint density at radius 2 is 1.60 bits per heavy atom. The molecule has 1 aliphatic rings. The van der Waals surface area contributed by atoms with Gasteiger partial charge in [-0.2, -0.15) is 5.26 Å². The molecule has 0 aromatic heterocycles. The smallest absolute Gasteiger partial charge is 0.286 e. The average Bonchev–Trinajstić information content (AvgIpc) is 2.79. The van der Waals surface area contributed by atoms with Gasteiger partial charge in [-0.15, -0.1) is 0 Å². The molecule has 1 aromatic carbocycles. The van der Waals surface area contributed by atoms with Crippen molar-refractivity contribution in [1.82, 2.24) is 10.6 Å². The monoisotopic (exact) mass is 413 g/mol. The second-order valence-electron chi connectivity index (χ2n) is 6.78. The summed E-state index contributed by atoms with van der Waals surface area (Å²) in [4.78, 5) is 23.3. The van der Waals surface area contributed by atoms with E-state index in [0.717, 1.165) is 0 Å². The van der Waals surface area contributed by atoms with Crippen LogP contribution in [0.5, 0.6) is 0 Å². The molecule has 0 saturated heterocycles. The molecule has 7 heteroatoms. The highest BCUT2D eigenvalue weighted by molar-refractivity contribution is 5.94. The van der Waals surface area contributed by atoms with Crippen molar-refractivity contribution in [2.24, 2.45) is 0 Å². The Labute approximate surface area is 178 Å². The van der Waals surface area contributed by atoms with E-state index in [1.165, 1.54) is 45.6 Å². The summed E-state index contributed by atoms with van der Waals surface area (Å²) in [6.45, 7) is 7.76. The number of hydrogen-bond acceptors (Lipinski definition) is 5. The molecule has 1 aliphatic carbocycles. The molecule has 0 heterocycles. The molecule has 1 saturated carbocycles. The van der Waals surface area contributed by atoms with Crippen LogP contribution in [0.1, 0.15) is 49.7 Å². The molecule has 2 rings (SSSR count). The van der Waals surface area contributed by atoms with Crippen LogP contribution < -0.4 is 10.6 Å². The topological polar surface area (TPSA) is 100 Å². The van der Waals surface area contributed by atoms with E-state index in [1.54, 1.807) is 24.3 Å². The minimum Gasteiger partial charge on any atom is -0.452 e. The van der Waals surface area contributed by atoms with Gasteiger partial charge in [-0.05, 0) is 24.3 Å². The number of ether oxygens (including phenoxy) is 2. The van der Waals surface area contributed by atoms with Gasteiger partial charge in [-0.25, -0.2) is 0 Å². The number of rotatable bonds is 9. The predicted molar refractivity (Wildman–Crippen MR) is 116 cm³/mol. The molecule has 1 fully saturated rings. The Morgan fingerprint density at radius 1 is 1.03 bits per heavy atom. The molecule has 162 valence electrons. The number of nitrogens with zero attached hydrogens (tertiary/aromatic N) is 1. The van der Waals surface area contributed by atoms with Crippen LogP contribution in [-0.4, -0.2) is 38.6 Å². The lowest BCUT2D eigenvalue weighted by Gasteiger charge is -2.11. The minimum atomic E-state index is -0.619. The summed E-state index contributed by atoms with van der Waals surface area (Å²) in [5.74, 6) is -0.941. The van der Waals surface area contributed by atoms with Gasteiger partial charge in [0.1, 0.15) is 5.76 Å². The number of methoxy groups -OCH3 is 1. The molecule has 1 aromatic rings. The van der Waals surface area contributed by atoms with Crippen LogP contribution in [0.3, 0.4) is 0 Å². The molecule has 30 heavy (non-hydrogen) atoms. The average molecular weight is 414 g/mol. The van der Waals surface area contributed by atoms with Gasteiger partial charge >= 0.3 is 0 Å². The van der Waals surface area contributed by atoms with Crippen molar-refractivity contribution >= 4 is 17.6 Å². The summed E-state index contributed by atoms with van der Waals surface area (Å²) in [5.41, 5.74) is 1.11. The van der Waals surface area contributed by atoms with E-state index in [2.05, 4.69) is 23.8 Å². The van der Waals surface area contributed by atoms with Crippen molar-refractivity contribution in [3.8, 4) is 6.07 Å². The lowest BCUT2D eigenvalue weighted by Crippen LogP contribution is -2.38. The number of carbonyl (C=O) groups is 2. The van der Waals surface area contributed by atoms with E-state index in [0.29, 0.717) is 24.3 Å². The number of carbonyl (C=O) groups excluding carboxylic acids is 2. The molecule has 0 bridgehead atoms. The molecule has 2 N–H and O–H groups in total. The largest absolute Gasteiger partial charge is 0.452 e. The Bertz CT molecular complexity index is 735. The van der Waals surface area contributed by atoms with Gasteiger partial charge in [0.05, 0.1) is 24.8 Å². The molecule has 2 amide bonds. The number of nitrogens with one attached hydrogen (secondary N) is 2. The van der Waals surface area contributed by atoms with E-state index in [1.807, 2.05) is 6.07 Å². The Morgan fingerprint density at radius 3 is 2.10 bits per heavy atom. The summed E-state index contributed by atoms with van der Waals surface area (Å²) in [6, 6.07) is 8.51. The summed E-state index contributed by atoms with van der Waals surface area (Å²) in [7, 11) is 1.52. The lowest BCUT2D eigenvalue weighted by molar-refractivity contribution is -0.125. The van der Waals surface area contributed by atoms with E-state index >= 15 is 0 Å². The number of nitriles is 1. The van der Waals surface area contributed by atoms with Crippen molar-refractivity contribution in [2.75, 3.05) is 26.8 Å². The highest BCUT2D eigenvalue weighted by Gasteiger charge is 2.12. The number of hydrogen-bond donors (Lipinski definition) is 2. The maximum absolute atomic E-state index is 11.8. The second-order valence-corrected chi connectivity index (χ2v) is 6.78. The predicted octanol–water partition coefficient (Wildman–Crippen LogP) is 3.28. The van der Waals surface area contributed by atoms with Crippen LogP contribution in [0.15, 0.2) is 43.2 Å². The first kappa shape index (κ1) is 24.9. The first-order valence-corrected chi connectivity index (χ1v) is 10.1. The number of benzene rings is 1. The second kappa shape index (κ2) is 14.8. The molecule has 0 radical (unpaired) electrons. The fourth-order valence-electron chi connectivity index (χ4n) is 2.66. The molecule has 0 aliphatic heterocycles. The van der Waals surface area contributed by atoms with Gasteiger partial charge < -0.3 is 20.1 Å². The molecule has 0 atom stereocenters. The van der Waals surface area contributed by atoms with Gasteiger partial charge in [-0.3, -0.25) is 9.59 Å². The van der Waals surface area contributed by atoms with Crippen LogP contribution in [0.2, 0.25) is 0 Å². The zero-order chi connectivity index (χ0) is 22.2. The first-order chi connectivity index (χ1) is 14.5. The third kappa shape index (κ3) is 10.4. The van der Waals surface area contributed by atoms with E-state index in [4.69, 9.17) is 14.7 Å². The fourth-order valence-corrected chi connectivity index (χ4v) is 2.66. The quantitative estimate of drug-likeness (QED) is 0.368. The van der Waals surface area contributed by atoms with Crippen LogP contribution in [0.4, 0.5) is 0 Å². The van der Waals surface area contributed by atoms with Gasteiger partial charge in [0.25, 0.3) is 5.91 Å². The van der Waals surface area contributed by atoms with Crippen molar-refractivity contribution in [3.05, 3.63) is 54.3 Å². The van der Waals surface area contributed by atoms with Crippen LogP contribution >= 0.6 is 0 Å². The van der Waals surface area contributed by atoms with E-state index < -0.39 is 5.91 Å². The Balaban J connectivity index is 0.000000637. The zero-order valence-corrected chi connectivity index (χ0v) is 17.7. The van der Waals surface area contributed by atoms with Crippen LogP contribution in [0, 0.1) is 11.3 Å². The maximum atomic E-state index is 11.8. The normalized spacial score (nSPS) is 12.4. The zero-order valence-electron chi connectivity index (χ0n) is 17.7. The SMILES string of the molecule is C1CCCCC1.C=C(OC(=C)c1ccc(C#N)cc1)C(=O)NCC(=O)NCCOC. The van der Waals surface area contributed by atoms with Crippen molar-refractivity contribution < 1.29 is 19.1 Å². The third-order valence-corrected chi connectivity index (χ3v) is 4.37. The highest BCUT2D eigenvalue weighted by Crippen LogP contribution is 2.17. The number of amides is 2. The summed E-state index contributed by atoms with van der Waals surface area (Å²) in [5, 5.41) is 13.7. The summed E-state index contributed by atoms with van der Waals surface area (Å²) < 4.78 is 10.1. The van der Waals surface area contributed by atoms with E-state index in [9.17, 15) is 9.59 Å².